The van der Waals surface area contributed by atoms with E-state index in [0.29, 0.717) is 0 Å². The minimum absolute atomic E-state index is 1.09. The molecule has 0 aromatic carbocycles. The van der Waals surface area contributed by atoms with Crippen molar-refractivity contribution in [1.82, 2.24) is 15.2 Å². The molecular formula is C11H19N3S. The molecule has 3 nitrogen and oxygen atoms in total. The summed E-state index contributed by atoms with van der Waals surface area (Å²) in [5.74, 6) is 0. The van der Waals surface area contributed by atoms with Crippen LogP contribution in [0.15, 0.2) is 6.20 Å². The lowest BCUT2D eigenvalue weighted by Gasteiger charge is -2.26. The van der Waals surface area contributed by atoms with Crippen LogP contribution in [0.2, 0.25) is 0 Å². The van der Waals surface area contributed by atoms with E-state index in [0.717, 1.165) is 26.1 Å². The van der Waals surface area contributed by atoms with E-state index in [1.807, 2.05) is 11.3 Å². The first-order chi connectivity index (χ1) is 7.38. The van der Waals surface area contributed by atoms with E-state index in [1.165, 1.54) is 29.4 Å². The van der Waals surface area contributed by atoms with Crippen molar-refractivity contribution in [3.63, 3.8) is 0 Å². The van der Waals surface area contributed by atoms with Crippen molar-refractivity contribution in [3.05, 3.63) is 16.1 Å². The molecule has 84 valence electrons. The summed E-state index contributed by atoms with van der Waals surface area (Å²) in [5.41, 5.74) is 0. The van der Waals surface area contributed by atoms with Gasteiger partial charge >= 0.3 is 0 Å². The molecule has 0 spiro atoms. The topological polar surface area (TPSA) is 28.2 Å². The van der Waals surface area contributed by atoms with Gasteiger partial charge in [0.25, 0.3) is 0 Å². The summed E-state index contributed by atoms with van der Waals surface area (Å²) in [5, 5.41) is 4.67. The van der Waals surface area contributed by atoms with Gasteiger partial charge in [0.1, 0.15) is 0 Å². The number of nitrogens with zero attached hydrogens (tertiary/aromatic N) is 2. The van der Waals surface area contributed by atoms with Crippen molar-refractivity contribution in [2.75, 3.05) is 26.2 Å². The second-order valence-corrected chi connectivity index (χ2v) is 5.20. The second kappa shape index (κ2) is 5.58. The number of aryl methyl sites for hydroxylation is 1. The van der Waals surface area contributed by atoms with Crippen molar-refractivity contribution in [3.8, 4) is 0 Å². The molecule has 0 unspecified atom stereocenters. The minimum Gasteiger partial charge on any atom is -0.314 e. The SMILES string of the molecule is CCCc1ncc(CN2CCNCC2)s1. The molecule has 1 N–H and O–H groups in total. The van der Waals surface area contributed by atoms with Gasteiger partial charge in [-0.1, -0.05) is 6.92 Å². The summed E-state index contributed by atoms with van der Waals surface area (Å²) in [6.07, 6.45) is 4.38. The van der Waals surface area contributed by atoms with Crippen molar-refractivity contribution in [2.24, 2.45) is 0 Å². The van der Waals surface area contributed by atoms with Gasteiger partial charge in [-0.15, -0.1) is 11.3 Å². The molecule has 4 heteroatoms. The first kappa shape index (κ1) is 11.0. The first-order valence-electron chi connectivity index (χ1n) is 5.75. The lowest BCUT2D eigenvalue weighted by atomic mass is 10.3. The average molecular weight is 225 g/mol. The molecule has 2 rings (SSSR count). The smallest absolute Gasteiger partial charge is 0.0928 e. The van der Waals surface area contributed by atoms with Gasteiger partial charge in [0.2, 0.25) is 0 Å². The fourth-order valence-electron chi connectivity index (χ4n) is 1.84. The molecule has 0 bridgehead atoms. The predicted molar refractivity (Wildman–Crippen MR) is 64.3 cm³/mol. The molecule has 0 saturated carbocycles. The zero-order valence-electron chi connectivity index (χ0n) is 9.33. The number of aromatic nitrogens is 1. The third kappa shape index (κ3) is 3.26. The fraction of sp³-hybridized carbons (Fsp3) is 0.727. The van der Waals surface area contributed by atoms with Crippen LogP contribution in [0.25, 0.3) is 0 Å². The number of rotatable bonds is 4. The second-order valence-electron chi connectivity index (χ2n) is 4.00. The normalized spacial score (nSPS) is 18.2. The van der Waals surface area contributed by atoms with Gasteiger partial charge in [0, 0.05) is 43.8 Å². The summed E-state index contributed by atoms with van der Waals surface area (Å²) in [7, 11) is 0. The molecule has 15 heavy (non-hydrogen) atoms. The molecule has 0 amide bonds. The molecule has 0 atom stereocenters. The third-order valence-corrected chi connectivity index (χ3v) is 3.70. The lowest BCUT2D eigenvalue weighted by Crippen LogP contribution is -2.42. The Morgan fingerprint density at radius 2 is 2.27 bits per heavy atom. The molecule has 1 aromatic rings. The van der Waals surface area contributed by atoms with Crippen LogP contribution in [0.5, 0.6) is 0 Å². The van der Waals surface area contributed by atoms with E-state index in [9.17, 15) is 0 Å². The Bertz CT molecular complexity index is 292. The van der Waals surface area contributed by atoms with Gasteiger partial charge in [-0.25, -0.2) is 4.98 Å². The fourth-order valence-corrected chi connectivity index (χ4v) is 2.91. The highest BCUT2D eigenvalue weighted by Crippen LogP contribution is 2.16. The molecule has 1 aliphatic rings. The van der Waals surface area contributed by atoms with Crippen LogP contribution in [-0.2, 0) is 13.0 Å². The van der Waals surface area contributed by atoms with Crippen molar-refractivity contribution >= 4 is 11.3 Å². The highest BCUT2D eigenvalue weighted by Gasteiger charge is 2.11. The van der Waals surface area contributed by atoms with E-state index in [4.69, 9.17) is 0 Å². The number of piperazine rings is 1. The molecule has 1 fully saturated rings. The Kier molecular flexibility index (Phi) is 4.11. The third-order valence-electron chi connectivity index (χ3n) is 2.65. The molecular weight excluding hydrogens is 206 g/mol. The zero-order valence-corrected chi connectivity index (χ0v) is 10.1. The highest BCUT2D eigenvalue weighted by atomic mass is 32.1. The zero-order chi connectivity index (χ0) is 10.5. The van der Waals surface area contributed by atoms with E-state index in [2.05, 4.69) is 28.3 Å². The van der Waals surface area contributed by atoms with E-state index in [-0.39, 0.29) is 0 Å². The number of hydrogen-bond donors (Lipinski definition) is 1. The van der Waals surface area contributed by atoms with Crippen LogP contribution in [0, 0.1) is 0 Å². The van der Waals surface area contributed by atoms with Crippen LogP contribution in [0.4, 0.5) is 0 Å². The molecule has 0 aliphatic carbocycles. The Morgan fingerprint density at radius 3 is 3.00 bits per heavy atom. The minimum atomic E-state index is 1.09. The summed E-state index contributed by atoms with van der Waals surface area (Å²) >= 11 is 1.88. The maximum atomic E-state index is 4.45. The molecule has 2 heterocycles. The van der Waals surface area contributed by atoms with E-state index >= 15 is 0 Å². The Balaban J connectivity index is 1.86. The molecule has 1 aliphatic heterocycles. The molecule has 0 radical (unpaired) electrons. The predicted octanol–water partition coefficient (Wildman–Crippen LogP) is 1.50. The van der Waals surface area contributed by atoms with Gasteiger partial charge in [-0.05, 0) is 12.8 Å². The summed E-state index contributed by atoms with van der Waals surface area (Å²) in [6, 6.07) is 0. The molecule has 1 aromatic heterocycles. The summed E-state index contributed by atoms with van der Waals surface area (Å²) < 4.78 is 0. The van der Waals surface area contributed by atoms with Gasteiger partial charge in [0.05, 0.1) is 5.01 Å². The Labute approximate surface area is 95.5 Å². The summed E-state index contributed by atoms with van der Waals surface area (Å²) in [4.78, 5) is 8.36. The standard InChI is InChI=1S/C11H19N3S/c1-2-3-11-13-8-10(15-11)9-14-6-4-12-5-7-14/h8,12H,2-7,9H2,1H3. The van der Waals surface area contributed by atoms with Gasteiger partial charge in [0.15, 0.2) is 0 Å². The monoisotopic (exact) mass is 225 g/mol. The summed E-state index contributed by atoms with van der Waals surface area (Å²) in [6.45, 7) is 7.88. The van der Waals surface area contributed by atoms with Crippen LogP contribution in [0.3, 0.4) is 0 Å². The molecule has 1 saturated heterocycles. The number of thiazole rings is 1. The van der Waals surface area contributed by atoms with Crippen LogP contribution >= 0.6 is 11.3 Å². The number of hydrogen-bond acceptors (Lipinski definition) is 4. The first-order valence-corrected chi connectivity index (χ1v) is 6.57. The highest BCUT2D eigenvalue weighted by molar-refractivity contribution is 7.11. The Morgan fingerprint density at radius 1 is 1.47 bits per heavy atom. The van der Waals surface area contributed by atoms with Crippen molar-refractivity contribution in [1.29, 1.82) is 0 Å². The van der Waals surface area contributed by atoms with Crippen molar-refractivity contribution < 1.29 is 0 Å². The van der Waals surface area contributed by atoms with E-state index in [1.54, 1.807) is 0 Å². The van der Waals surface area contributed by atoms with E-state index < -0.39 is 0 Å². The van der Waals surface area contributed by atoms with Crippen molar-refractivity contribution in [2.45, 2.75) is 26.3 Å². The van der Waals surface area contributed by atoms with Crippen LogP contribution in [0.1, 0.15) is 23.2 Å². The van der Waals surface area contributed by atoms with Crippen LogP contribution < -0.4 is 5.32 Å². The van der Waals surface area contributed by atoms with Gasteiger partial charge in [-0.3, -0.25) is 4.90 Å². The maximum Gasteiger partial charge on any atom is 0.0928 e. The average Bonchev–Trinajstić information content (AvgIpc) is 2.68. The quantitative estimate of drug-likeness (QED) is 0.842. The van der Waals surface area contributed by atoms with Crippen LogP contribution in [-0.4, -0.2) is 36.1 Å². The largest absolute Gasteiger partial charge is 0.314 e. The number of nitrogens with one attached hydrogen (secondary N) is 1. The van der Waals surface area contributed by atoms with Gasteiger partial charge < -0.3 is 5.32 Å². The lowest BCUT2D eigenvalue weighted by molar-refractivity contribution is 0.235. The van der Waals surface area contributed by atoms with Gasteiger partial charge in [-0.2, -0.15) is 0 Å². The maximum absolute atomic E-state index is 4.45. The Hall–Kier alpha value is -0.450.